The first-order valence-corrected chi connectivity index (χ1v) is 13.7. The Hall–Kier alpha value is -3.44. The molecule has 0 saturated heterocycles. The Morgan fingerprint density at radius 1 is 0.865 bits per heavy atom. The summed E-state index contributed by atoms with van der Waals surface area (Å²) in [5.74, 6) is -0.139. The first-order valence-electron chi connectivity index (χ1n) is 12.9. The van der Waals surface area contributed by atoms with Gasteiger partial charge in [-0.15, -0.1) is 0 Å². The van der Waals surface area contributed by atoms with E-state index in [0.717, 1.165) is 33.0 Å². The summed E-state index contributed by atoms with van der Waals surface area (Å²) in [7, 11) is 0. The van der Waals surface area contributed by atoms with Gasteiger partial charge in [-0.25, -0.2) is 0 Å². The Morgan fingerprint density at radius 3 is 2.35 bits per heavy atom. The van der Waals surface area contributed by atoms with Crippen LogP contribution in [0, 0.1) is 0 Å². The molecule has 1 N–H and O–H groups in total. The van der Waals surface area contributed by atoms with E-state index in [1.807, 2.05) is 79.7 Å². The highest BCUT2D eigenvalue weighted by Crippen LogP contribution is 2.22. The van der Waals surface area contributed by atoms with E-state index in [4.69, 9.17) is 0 Å². The maximum Gasteiger partial charge on any atom is 0.243 e. The van der Waals surface area contributed by atoms with Crippen LogP contribution in [0.4, 0.5) is 0 Å². The van der Waals surface area contributed by atoms with Gasteiger partial charge in [-0.1, -0.05) is 108 Å². The number of carbonyl (C=O) groups is 2. The van der Waals surface area contributed by atoms with Crippen molar-refractivity contribution in [3.05, 3.63) is 118 Å². The second-order valence-electron chi connectivity index (χ2n) is 9.29. The van der Waals surface area contributed by atoms with Gasteiger partial charge >= 0.3 is 0 Å². The Labute approximate surface area is 227 Å². The van der Waals surface area contributed by atoms with E-state index >= 15 is 0 Å². The van der Waals surface area contributed by atoms with Crippen LogP contribution < -0.4 is 5.32 Å². The summed E-state index contributed by atoms with van der Waals surface area (Å²) >= 11 is 3.54. The normalized spacial score (nSPS) is 11.7. The standard InChI is InChI=1S/C32H33BrN2O2/c1-2-20-34-32(37)30(22-24-10-4-3-5-11-24)35(23-25-12-8-16-28(33)21-25)31(36)19-18-27-15-9-14-26-13-6-7-17-29(26)27/h3-17,21,30H,2,18-20,22-23H2,1H3,(H,34,37). The fourth-order valence-electron chi connectivity index (χ4n) is 4.65. The summed E-state index contributed by atoms with van der Waals surface area (Å²) < 4.78 is 0.947. The third-order valence-electron chi connectivity index (χ3n) is 6.55. The molecule has 4 aromatic carbocycles. The second kappa shape index (κ2) is 13.2. The van der Waals surface area contributed by atoms with Gasteiger partial charge < -0.3 is 10.2 Å². The number of fused-ring (bicyclic) bond motifs is 1. The Balaban J connectivity index is 1.63. The molecule has 4 rings (SSSR count). The first kappa shape index (κ1) is 26.6. The Kier molecular flexibility index (Phi) is 9.50. The van der Waals surface area contributed by atoms with Crippen LogP contribution in [0.15, 0.2) is 102 Å². The first-order chi connectivity index (χ1) is 18.0. The molecule has 0 aliphatic rings. The summed E-state index contributed by atoms with van der Waals surface area (Å²) in [6.07, 6.45) is 2.24. The van der Waals surface area contributed by atoms with Crippen molar-refractivity contribution in [2.75, 3.05) is 6.54 Å². The lowest BCUT2D eigenvalue weighted by Crippen LogP contribution is -2.50. The maximum absolute atomic E-state index is 13.9. The number of rotatable bonds is 11. The topological polar surface area (TPSA) is 49.4 Å². The van der Waals surface area contributed by atoms with Gasteiger partial charge in [-0.2, -0.15) is 0 Å². The molecular formula is C32H33BrN2O2. The molecule has 37 heavy (non-hydrogen) atoms. The monoisotopic (exact) mass is 556 g/mol. The lowest BCUT2D eigenvalue weighted by atomic mass is 9.99. The van der Waals surface area contributed by atoms with Gasteiger partial charge in [0.1, 0.15) is 6.04 Å². The van der Waals surface area contributed by atoms with E-state index in [9.17, 15) is 9.59 Å². The highest BCUT2D eigenvalue weighted by Gasteiger charge is 2.30. The predicted octanol–water partition coefficient (Wildman–Crippen LogP) is 6.70. The van der Waals surface area contributed by atoms with Crippen molar-refractivity contribution in [1.29, 1.82) is 0 Å². The van der Waals surface area contributed by atoms with Crippen LogP contribution in [0.5, 0.6) is 0 Å². The molecule has 190 valence electrons. The zero-order valence-electron chi connectivity index (χ0n) is 21.2. The molecule has 0 spiro atoms. The number of aryl methyl sites for hydroxylation is 1. The minimum Gasteiger partial charge on any atom is -0.354 e. The van der Waals surface area contributed by atoms with Crippen molar-refractivity contribution in [3.63, 3.8) is 0 Å². The molecule has 0 fully saturated rings. The third-order valence-corrected chi connectivity index (χ3v) is 7.04. The fraction of sp³-hybridized carbons (Fsp3) is 0.250. The van der Waals surface area contributed by atoms with Gasteiger partial charge in [-0.3, -0.25) is 9.59 Å². The van der Waals surface area contributed by atoms with Crippen molar-refractivity contribution >= 4 is 38.5 Å². The van der Waals surface area contributed by atoms with Gasteiger partial charge in [0.15, 0.2) is 0 Å². The van der Waals surface area contributed by atoms with Gasteiger partial charge in [0.2, 0.25) is 11.8 Å². The van der Waals surface area contributed by atoms with Crippen molar-refractivity contribution in [2.45, 2.75) is 45.2 Å². The van der Waals surface area contributed by atoms with Crippen LogP contribution >= 0.6 is 15.9 Å². The lowest BCUT2D eigenvalue weighted by Gasteiger charge is -2.32. The molecule has 0 aliphatic heterocycles. The summed E-state index contributed by atoms with van der Waals surface area (Å²) in [4.78, 5) is 29.1. The number of halogens is 1. The summed E-state index contributed by atoms with van der Waals surface area (Å²) in [5, 5.41) is 5.37. The van der Waals surface area contributed by atoms with E-state index in [0.29, 0.717) is 32.4 Å². The molecule has 5 heteroatoms. The molecule has 0 aliphatic carbocycles. The third kappa shape index (κ3) is 7.30. The largest absolute Gasteiger partial charge is 0.354 e. The number of nitrogens with one attached hydrogen (secondary N) is 1. The van der Waals surface area contributed by atoms with Crippen LogP contribution in [-0.4, -0.2) is 29.3 Å². The van der Waals surface area contributed by atoms with Crippen molar-refractivity contribution in [1.82, 2.24) is 10.2 Å². The molecule has 0 heterocycles. The van der Waals surface area contributed by atoms with E-state index in [1.165, 1.54) is 5.39 Å². The number of benzene rings is 4. The van der Waals surface area contributed by atoms with E-state index in [1.54, 1.807) is 4.90 Å². The van der Waals surface area contributed by atoms with Gasteiger partial charge in [-0.05, 0) is 52.4 Å². The van der Waals surface area contributed by atoms with Gasteiger partial charge in [0.25, 0.3) is 0 Å². The smallest absolute Gasteiger partial charge is 0.243 e. The summed E-state index contributed by atoms with van der Waals surface area (Å²) in [5.41, 5.74) is 3.15. The summed E-state index contributed by atoms with van der Waals surface area (Å²) in [6.45, 7) is 2.98. The SMILES string of the molecule is CCCNC(=O)C(Cc1ccccc1)N(Cc1cccc(Br)c1)C(=O)CCc1cccc2ccccc12. The number of nitrogens with zero attached hydrogens (tertiary/aromatic N) is 1. The minimum atomic E-state index is -0.604. The number of hydrogen-bond donors (Lipinski definition) is 1. The van der Waals surface area contributed by atoms with Crippen LogP contribution in [0.25, 0.3) is 10.8 Å². The molecule has 4 aromatic rings. The van der Waals surface area contributed by atoms with Crippen LogP contribution in [0.2, 0.25) is 0 Å². The Morgan fingerprint density at radius 2 is 1.57 bits per heavy atom. The molecule has 0 saturated carbocycles. The quantitative estimate of drug-likeness (QED) is 0.223. The number of carbonyl (C=O) groups excluding carboxylic acids is 2. The van der Waals surface area contributed by atoms with Crippen LogP contribution in [-0.2, 0) is 29.0 Å². The minimum absolute atomic E-state index is 0.0273. The number of amides is 2. The molecular weight excluding hydrogens is 524 g/mol. The summed E-state index contributed by atoms with van der Waals surface area (Å²) in [6, 6.07) is 31.7. The van der Waals surface area contributed by atoms with Crippen LogP contribution in [0.3, 0.4) is 0 Å². The van der Waals surface area contributed by atoms with Crippen LogP contribution in [0.1, 0.15) is 36.5 Å². The molecule has 1 unspecified atom stereocenters. The highest BCUT2D eigenvalue weighted by atomic mass is 79.9. The average molecular weight is 558 g/mol. The molecule has 0 aromatic heterocycles. The van der Waals surface area contributed by atoms with E-state index in [2.05, 4.69) is 45.5 Å². The molecule has 4 nitrogen and oxygen atoms in total. The van der Waals surface area contributed by atoms with Crippen molar-refractivity contribution < 1.29 is 9.59 Å². The average Bonchev–Trinajstić information content (AvgIpc) is 2.93. The zero-order chi connectivity index (χ0) is 26.0. The molecule has 0 bridgehead atoms. The number of hydrogen-bond acceptors (Lipinski definition) is 2. The molecule has 2 amide bonds. The zero-order valence-corrected chi connectivity index (χ0v) is 22.8. The van der Waals surface area contributed by atoms with Crippen molar-refractivity contribution in [3.8, 4) is 0 Å². The molecule has 0 radical (unpaired) electrons. The van der Waals surface area contributed by atoms with Crippen molar-refractivity contribution in [2.24, 2.45) is 0 Å². The van der Waals surface area contributed by atoms with E-state index in [-0.39, 0.29) is 11.8 Å². The van der Waals surface area contributed by atoms with Gasteiger partial charge in [0, 0.05) is 30.4 Å². The van der Waals surface area contributed by atoms with E-state index < -0.39 is 6.04 Å². The highest BCUT2D eigenvalue weighted by molar-refractivity contribution is 9.10. The molecule has 1 atom stereocenters. The fourth-order valence-corrected chi connectivity index (χ4v) is 5.09. The van der Waals surface area contributed by atoms with Gasteiger partial charge in [0.05, 0.1) is 0 Å². The second-order valence-corrected chi connectivity index (χ2v) is 10.2. The maximum atomic E-state index is 13.9. The Bertz CT molecular complexity index is 1330. The predicted molar refractivity (Wildman–Crippen MR) is 154 cm³/mol. The lowest BCUT2D eigenvalue weighted by molar-refractivity contribution is -0.141.